The number of anilines is 3. The van der Waals surface area contributed by atoms with E-state index >= 15 is 0 Å². The van der Waals surface area contributed by atoms with Crippen molar-refractivity contribution in [2.45, 2.75) is 20.3 Å². The summed E-state index contributed by atoms with van der Waals surface area (Å²) in [5, 5.41) is 2.99. The SMILES string of the molecule is CCN(CC)c1ccc(NC(=O)Cc2ccc(N3CCOCC3)cc2)cc1. The number of ether oxygens (including phenoxy) is 1. The quantitative estimate of drug-likeness (QED) is 0.813. The summed E-state index contributed by atoms with van der Waals surface area (Å²) in [5.74, 6) is 0.00436. The fourth-order valence-corrected chi connectivity index (χ4v) is 3.38. The Morgan fingerprint density at radius 1 is 1.00 bits per heavy atom. The van der Waals surface area contributed by atoms with Crippen molar-refractivity contribution in [2.75, 3.05) is 54.5 Å². The predicted octanol–water partition coefficient (Wildman–Crippen LogP) is 3.55. The van der Waals surface area contributed by atoms with Crippen LogP contribution in [0.2, 0.25) is 0 Å². The predicted molar refractivity (Wildman–Crippen MR) is 112 cm³/mol. The van der Waals surface area contributed by atoms with Gasteiger partial charge >= 0.3 is 0 Å². The molecule has 0 saturated carbocycles. The van der Waals surface area contributed by atoms with Gasteiger partial charge < -0.3 is 19.9 Å². The number of amides is 1. The van der Waals surface area contributed by atoms with E-state index in [2.05, 4.69) is 53.2 Å². The van der Waals surface area contributed by atoms with Crippen LogP contribution in [-0.4, -0.2) is 45.3 Å². The van der Waals surface area contributed by atoms with Gasteiger partial charge in [-0.1, -0.05) is 12.1 Å². The molecular formula is C22H29N3O2. The first kappa shape index (κ1) is 19.2. The molecule has 1 N–H and O–H groups in total. The standard InChI is InChI=1S/C22H29N3O2/c1-3-24(4-2)20-11-7-19(8-12-20)23-22(26)17-18-5-9-21(10-6-18)25-13-15-27-16-14-25/h5-12H,3-4,13-17H2,1-2H3,(H,23,26). The van der Waals surface area contributed by atoms with E-state index in [9.17, 15) is 4.79 Å². The van der Waals surface area contributed by atoms with Crippen LogP contribution in [0, 0.1) is 0 Å². The van der Waals surface area contributed by atoms with Crippen LogP contribution < -0.4 is 15.1 Å². The van der Waals surface area contributed by atoms with Gasteiger partial charge in [-0.2, -0.15) is 0 Å². The number of nitrogens with one attached hydrogen (secondary N) is 1. The number of carbonyl (C=O) groups is 1. The molecule has 0 aromatic heterocycles. The number of rotatable bonds is 7. The molecule has 1 amide bonds. The molecule has 0 bridgehead atoms. The van der Waals surface area contributed by atoms with E-state index in [0.717, 1.165) is 50.6 Å². The molecule has 0 unspecified atom stereocenters. The van der Waals surface area contributed by atoms with Crippen LogP contribution >= 0.6 is 0 Å². The Morgan fingerprint density at radius 3 is 2.22 bits per heavy atom. The van der Waals surface area contributed by atoms with Gasteiger partial charge in [0.1, 0.15) is 0 Å². The monoisotopic (exact) mass is 367 g/mol. The van der Waals surface area contributed by atoms with Crippen molar-refractivity contribution >= 4 is 23.0 Å². The molecular weight excluding hydrogens is 338 g/mol. The second-order valence-electron chi connectivity index (χ2n) is 6.71. The second-order valence-corrected chi connectivity index (χ2v) is 6.71. The largest absolute Gasteiger partial charge is 0.378 e. The lowest BCUT2D eigenvalue weighted by Crippen LogP contribution is -2.36. The Balaban J connectivity index is 1.54. The third-order valence-electron chi connectivity index (χ3n) is 4.96. The molecule has 3 rings (SSSR count). The summed E-state index contributed by atoms with van der Waals surface area (Å²) < 4.78 is 5.39. The molecule has 0 aliphatic carbocycles. The molecule has 144 valence electrons. The van der Waals surface area contributed by atoms with E-state index in [1.807, 2.05) is 24.3 Å². The van der Waals surface area contributed by atoms with E-state index < -0.39 is 0 Å². The molecule has 1 aliphatic rings. The highest BCUT2D eigenvalue weighted by Crippen LogP contribution is 2.19. The van der Waals surface area contributed by atoms with E-state index in [-0.39, 0.29) is 5.91 Å². The van der Waals surface area contributed by atoms with Crippen LogP contribution in [0.15, 0.2) is 48.5 Å². The van der Waals surface area contributed by atoms with Gasteiger partial charge in [-0.25, -0.2) is 0 Å². The highest BCUT2D eigenvalue weighted by Gasteiger charge is 2.11. The Hall–Kier alpha value is -2.53. The van der Waals surface area contributed by atoms with Gasteiger partial charge in [-0.3, -0.25) is 4.79 Å². The lowest BCUT2D eigenvalue weighted by atomic mass is 10.1. The number of nitrogens with zero attached hydrogens (tertiary/aromatic N) is 2. The maximum Gasteiger partial charge on any atom is 0.228 e. The lowest BCUT2D eigenvalue weighted by Gasteiger charge is -2.28. The van der Waals surface area contributed by atoms with Crippen LogP contribution in [0.1, 0.15) is 19.4 Å². The van der Waals surface area contributed by atoms with Gasteiger partial charge in [0.15, 0.2) is 0 Å². The van der Waals surface area contributed by atoms with Crippen molar-refractivity contribution in [1.29, 1.82) is 0 Å². The fourth-order valence-electron chi connectivity index (χ4n) is 3.38. The van der Waals surface area contributed by atoms with Crippen LogP contribution in [0.4, 0.5) is 17.1 Å². The van der Waals surface area contributed by atoms with Gasteiger partial charge in [0, 0.05) is 43.2 Å². The molecule has 5 nitrogen and oxygen atoms in total. The highest BCUT2D eigenvalue weighted by molar-refractivity contribution is 5.92. The summed E-state index contributed by atoms with van der Waals surface area (Å²) in [4.78, 5) is 16.9. The Labute approximate surface area is 161 Å². The Bertz CT molecular complexity index is 718. The summed E-state index contributed by atoms with van der Waals surface area (Å²) in [6.45, 7) is 9.62. The molecule has 1 aliphatic heterocycles. The second kappa shape index (κ2) is 9.42. The number of hydrogen-bond acceptors (Lipinski definition) is 4. The summed E-state index contributed by atoms with van der Waals surface area (Å²) >= 11 is 0. The molecule has 5 heteroatoms. The van der Waals surface area contributed by atoms with E-state index in [0.29, 0.717) is 6.42 Å². The van der Waals surface area contributed by atoms with Crippen LogP contribution in [0.25, 0.3) is 0 Å². The van der Waals surface area contributed by atoms with E-state index in [1.165, 1.54) is 11.4 Å². The molecule has 27 heavy (non-hydrogen) atoms. The fraction of sp³-hybridized carbons (Fsp3) is 0.409. The molecule has 0 radical (unpaired) electrons. The van der Waals surface area contributed by atoms with Crippen molar-refractivity contribution < 1.29 is 9.53 Å². The first-order valence-corrected chi connectivity index (χ1v) is 9.76. The van der Waals surface area contributed by atoms with Crippen LogP contribution in [0.3, 0.4) is 0 Å². The lowest BCUT2D eigenvalue weighted by molar-refractivity contribution is -0.115. The molecule has 2 aromatic carbocycles. The summed E-state index contributed by atoms with van der Waals surface area (Å²) in [7, 11) is 0. The summed E-state index contributed by atoms with van der Waals surface area (Å²) in [6.07, 6.45) is 0.376. The minimum Gasteiger partial charge on any atom is -0.378 e. The van der Waals surface area contributed by atoms with Gasteiger partial charge in [0.05, 0.1) is 19.6 Å². The molecule has 1 saturated heterocycles. The molecule has 2 aromatic rings. The highest BCUT2D eigenvalue weighted by atomic mass is 16.5. The Kier molecular flexibility index (Phi) is 6.71. The molecule has 0 atom stereocenters. The summed E-state index contributed by atoms with van der Waals surface area (Å²) in [6, 6.07) is 16.3. The third-order valence-corrected chi connectivity index (χ3v) is 4.96. The van der Waals surface area contributed by atoms with Crippen molar-refractivity contribution in [2.24, 2.45) is 0 Å². The van der Waals surface area contributed by atoms with Gasteiger partial charge in [0.25, 0.3) is 0 Å². The van der Waals surface area contributed by atoms with Gasteiger partial charge in [-0.15, -0.1) is 0 Å². The number of morpholine rings is 1. The zero-order valence-corrected chi connectivity index (χ0v) is 16.3. The molecule has 0 spiro atoms. The maximum atomic E-state index is 12.4. The smallest absolute Gasteiger partial charge is 0.228 e. The third kappa shape index (κ3) is 5.23. The van der Waals surface area contributed by atoms with E-state index in [4.69, 9.17) is 4.74 Å². The number of carbonyl (C=O) groups excluding carboxylic acids is 1. The van der Waals surface area contributed by atoms with Crippen LogP contribution in [-0.2, 0) is 16.0 Å². The van der Waals surface area contributed by atoms with Crippen molar-refractivity contribution in [3.8, 4) is 0 Å². The van der Waals surface area contributed by atoms with Crippen LogP contribution in [0.5, 0.6) is 0 Å². The Morgan fingerprint density at radius 2 is 1.63 bits per heavy atom. The van der Waals surface area contributed by atoms with Crippen molar-refractivity contribution in [3.63, 3.8) is 0 Å². The van der Waals surface area contributed by atoms with E-state index in [1.54, 1.807) is 0 Å². The van der Waals surface area contributed by atoms with Gasteiger partial charge in [0.2, 0.25) is 5.91 Å². The molecule has 1 fully saturated rings. The topological polar surface area (TPSA) is 44.8 Å². The average molecular weight is 367 g/mol. The average Bonchev–Trinajstić information content (AvgIpc) is 2.71. The zero-order chi connectivity index (χ0) is 19.1. The molecule has 1 heterocycles. The zero-order valence-electron chi connectivity index (χ0n) is 16.3. The minimum atomic E-state index is 0.00436. The first-order chi connectivity index (χ1) is 13.2. The van der Waals surface area contributed by atoms with Crippen molar-refractivity contribution in [3.05, 3.63) is 54.1 Å². The minimum absolute atomic E-state index is 0.00436. The maximum absolute atomic E-state index is 12.4. The van der Waals surface area contributed by atoms with Gasteiger partial charge in [-0.05, 0) is 55.8 Å². The normalized spacial score (nSPS) is 14.1. The number of benzene rings is 2. The first-order valence-electron chi connectivity index (χ1n) is 9.76. The number of hydrogen-bond donors (Lipinski definition) is 1. The van der Waals surface area contributed by atoms with Crippen molar-refractivity contribution in [1.82, 2.24) is 0 Å². The summed E-state index contributed by atoms with van der Waals surface area (Å²) in [5.41, 5.74) is 4.22.